The van der Waals surface area contributed by atoms with Crippen molar-refractivity contribution in [2.45, 2.75) is 25.5 Å². The summed E-state index contributed by atoms with van der Waals surface area (Å²) in [5, 5.41) is 5.93. The molecule has 0 unspecified atom stereocenters. The van der Waals surface area contributed by atoms with E-state index in [1.807, 2.05) is 6.07 Å². The third-order valence-electron chi connectivity index (χ3n) is 4.20. The maximum atomic E-state index is 5.93. The molecule has 0 N–H and O–H groups in total. The standard InChI is InChI=1S/C18H17IN2O/c19-18-15-10-9-14(13-6-2-1-3-7-13)12-16(15)21(20-18)17-8-4-5-11-22-17/h1-3,6-7,9-10,12,17H,4-5,8,11H2/t17-/m0/s1. The molecule has 4 rings (SSSR count). The first-order valence-electron chi connectivity index (χ1n) is 7.68. The largest absolute Gasteiger partial charge is 0.356 e. The van der Waals surface area contributed by atoms with Crippen LogP contribution in [-0.4, -0.2) is 16.4 Å². The van der Waals surface area contributed by atoms with Gasteiger partial charge in [-0.1, -0.05) is 36.4 Å². The van der Waals surface area contributed by atoms with Gasteiger partial charge in [-0.05, 0) is 65.1 Å². The minimum Gasteiger partial charge on any atom is -0.356 e. The molecule has 0 aliphatic carbocycles. The maximum Gasteiger partial charge on any atom is 0.150 e. The number of nitrogens with zero attached hydrogens (tertiary/aromatic N) is 2. The van der Waals surface area contributed by atoms with Crippen LogP contribution in [0.15, 0.2) is 48.5 Å². The van der Waals surface area contributed by atoms with Crippen LogP contribution in [0.3, 0.4) is 0 Å². The van der Waals surface area contributed by atoms with Gasteiger partial charge in [0, 0.05) is 12.0 Å². The highest BCUT2D eigenvalue weighted by molar-refractivity contribution is 14.1. The van der Waals surface area contributed by atoms with Gasteiger partial charge in [-0.25, -0.2) is 4.68 Å². The van der Waals surface area contributed by atoms with E-state index in [2.05, 4.69) is 69.7 Å². The molecule has 0 amide bonds. The molecule has 0 radical (unpaired) electrons. The lowest BCUT2D eigenvalue weighted by molar-refractivity contribution is -0.0368. The fourth-order valence-electron chi connectivity index (χ4n) is 3.04. The Labute approximate surface area is 143 Å². The molecular weight excluding hydrogens is 387 g/mol. The van der Waals surface area contributed by atoms with E-state index in [-0.39, 0.29) is 6.23 Å². The molecular formula is C18H17IN2O. The Morgan fingerprint density at radius 2 is 1.91 bits per heavy atom. The van der Waals surface area contributed by atoms with Crippen molar-refractivity contribution in [3.63, 3.8) is 0 Å². The van der Waals surface area contributed by atoms with Crippen LogP contribution >= 0.6 is 22.6 Å². The fourth-order valence-corrected chi connectivity index (χ4v) is 3.73. The number of hydrogen-bond donors (Lipinski definition) is 0. The molecule has 3 nitrogen and oxygen atoms in total. The summed E-state index contributed by atoms with van der Waals surface area (Å²) in [6.07, 6.45) is 3.48. The second-order valence-electron chi connectivity index (χ2n) is 5.65. The van der Waals surface area contributed by atoms with Gasteiger partial charge in [-0.15, -0.1) is 0 Å². The zero-order valence-corrected chi connectivity index (χ0v) is 14.4. The summed E-state index contributed by atoms with van der Waals surface area (Å²) in [4.78, 5) is 0. The van der Waals surface area contributed by atoms with Crippen molar-refractivity contribution in [1.82, 2.24) is 9.78 Å². The third-order valence-corrected chi connectivity index (χ3v) is 4.99. The van der Waals surface area contributed by atoms with Crippen LogP contribution in [0, 0.1) is 3.70 Å². The van der Waals surface area contributed by atoms with Gasteiger partial charge in [0.25, 0.3) is 0 Å². The van der Waals surface area contributed by atoms with Crippen LogP contribution in [0.2, 0.25) is 0 Å². The van der Waals surface area contributed by atoms with Gasteiger partial charge >= 0.3 is 0 Å². The van der Waals surface area contributed by atoms with Crippen LogP contribution in [-0.2, 0) is 4.74 Å². The van der Waals surface area contributed by atoms with Gasteiger partial charge in [-0.2, -0.15) is 5.10 Å². The number of ether oxygens (including phenoxy) is 1. The Kier molecular flexibility index (Phi) is 3.88. The Bertz CT molecular complexity index is 791. The summed E-state index contributed by atoms with van der Waals surface area (Å²) >= 11 is 2.31. The molecule has 2 heterocycles. The summed E-state index contributed by atoms with van der Waals surface area (Å²) in [7, 11) is 0. The lowest BCUT2D eigenvalue weighted by Gasteiger charge is -2.23. The van der Waals surface area contributed by atoms with E-state index >= 15 is 0 Å². The highest BCUT2D eigenvalue weighted by atomic mass is 127. The van der Waals surface area contributed by atoms with Gasteiger partial charge in [0.2, 0.25) is 0 Å². The maximum absolute atomic E-state index is 5.93. The number of fused-ring (bicyclic) bond motifs is 1. The van der Waals surface area contributed by atoms with Gasteiger partial charge in [0.05, 0.1) is 5.52 Å². The lowest BCUT2D eigenvalue weighted by Crippen LogP contribution is -2.19. The van der Waals surface area contributed by atoms with Gasteiger partial charge in [0.15, 0.2) is 6.23 Å². The number of rotatable bonds is 2. The van der Waals surface area contributed by atoms with E-state index < -0.39 is 0 Å². The summed E-state index contributed by atoms with van der Waals surface area (Å²) in [6, 6.07) is 17.1. The SMILES string of the molecule is Ic1nn([C@@H]2CCCCO2)c2cc(-c3ccccc3)ccc12. The second-order valence-corrected chi connectivity index (χ2v) is 6.68. The average Bonchev–Trinajstić information content (AvgIpc) is 2.93. The zero-order valence-electron chi connectivity index (χ0n) is 12.2. The van der Waals surface area contributed by atoms with Gasteiger partial charge in [-0.3, -0.25) is 0 Å². The lowest BCUT2D eigenvalue weighted by atomic mass is 10.0. The fraction of sp³-hybridized carbons (Fsp3) is 0.278. The first-order valence-corrected chi connectivity index (χ1v) is 8.75. The van der Waals surface area contributed by atoms with Crippen molar-refractivity contribution >= 4 is 33.5 Å². The molecule has 3 aromatic rings. The molecule has 22 heavy (non-hydrogen) atoms. The molecule has 1 saturated heterocycles. The molecule has 0 bridgehead atoms. The van der Waals surface area contributed by atoms with Crippen molar-refractivity contribution < 1.29 is 4.74 Å². The third kappa shape index (κ3) is 2.54. The van der Waals surface area contributed by atoms with Crippen molar-refractivity contribution in [3.8, 4) is 11.1 Å². The summed E-state index contributed by atoms with van der Waals surface area (Å²) < 4.78 is 9.04. The zero-order chi connectivity index (χ0) is 14.9. The molecule has 1 aliphatic rings. The smallest absolute Gasteiger partial charge is 0.150 e. The molecule has 1 aromatic heterocycles. The quantitative estimate of drug-likeness (QED) is 0.562. The Balaban J connectivity index is 1.83. The van der Waals surface area contributed by atoms with Gasteiger partial charge < -0.3 is 4.74 Å². The molecule has 1 fully saturated rings. The van der Waals surface area contributed by atoms with E-state index in [0.717, 1.165) is 28.7 Å². The summed E-state index contributed by atoms with van der Waals surface area (Å²) in [5.74, 6) is 0. The number of aromatic nitrogens is 2. The van der Waals surface area contributed by atoms with Crippen LogP contribution in [0.4, 0.5) is 0 Å². The molecule has 0 spiro atoms. The molecule has 2 aromatic carbocycles. The minimum absolute atomic E-state index is 0.0748. The van der Waals surface area contributed by atoms with E-state index in [1.165, 1.54) is 22.9 Å². The summed E-state index contributed by atoms with van der Waals surface area (Å²) in [5.41, 5.74) is 3.62. The van der Waals surface area contributed by atoms with Crippen LogP contribution < -0.4 is 0 Å². The van der Waals surface area contributed by atoms with Crippen molar-refractivity contribution in [3.05, 3.63) is 52.2 Å². The molecule has 1 atom stereocenters. The van der Waals surface area contributed by atoms with Crippen molar-refractivity contribution in [2.75, 3.05) is 6.61 Å². The van der Waals surface area contributed by atoms with E-state index in [9.17, 15) is 0 Å². The van der Waals surface area contributed by atoms with Crippen molar-refractivity contribution in [1.29, 1.82) is 0 Å². The van der Waals surface area contributed by atoms with E-state index in [1.54, 1.807) is 0 Å². The molecule has 0 saturated carbocycles. The predicted octanol–water partition coefficient (Wildman–Crippen LogP) is 5.01. The monoisotopic (exact) mass is 404 g/mol. The molecule has 4 heteroatoms. The molecule has 112 valence electrons. The van der Waals surface area contributed by atoms with Crippen LogP contribution in [0.25, 0.3) is 22.0 Å². The first kappa shape index (κ1) is 14.2. The predicted molar refractivity (Wildman–Crippen MR) is 96.7 cm³/mol. The Morgan fingerprint density at radius 3 is 2.68 bits per heavy atom. The number of halogens is 1. The first-order chi connectivity index (χ1) is 10.8. The Morgan fingerprint density at radius 1 is 1.05 bits per heavy atom. The Hall–Kier alpha value is -1.40. The van der Waals surface area contributed by atoms with E-state index in [0.29, 0.717) is 0 Å². The number of hydrogen-bond acceptors (Lipinski definition) is 2. The van der Waals surface area contributed by atoms with Crippen LogP contribution in [0.1, 0.15) is 25.5 Å². The second kappa shape index (κ2) is 6.01. The van der Waals surface area contributed by atoms with Gasteiger partial charge in [0.1, 0.15) is 3.70 Å². The number of benzene rings is 2. The highest BCUT2D eigenvalue weighted by Gasteiger charge is 2.20. The summed E-state index contributed by atoms with van der Waals surface area (Å²) in [6.45, 7) is 0.834. The average molecular weight is 404 g/mol. The highest BCUT2D eigenvalue weighted by Crippen LogP contribution is 2.31. The minimum atomic E-state index is 0.0748. The van der Waals surface area contributed by atoms with Crippen molar-refractivity contribution in [2.24, 2.45) is 0 Å². The normalized spacial score (nSPS) is 18.7. The van der Waals surface area contributed by atoms with Crippen LogP contribution in [0.5, 0.6) is 0 Å². The van der Waals surface area contributed by atoms with E-state index in [4.69, 9.17) is 9.84 Å². The molecule has 1 aliphatic heterocycles. The topological polar surface area (TPSA) is 27.1 Å².